The van der Waals surface area contributed by atoms with Gasteiger partial charge in [-0.3, -0.25) is 0 Å². The van der Waals surface area contributed by atoms with Gasteiger partial charge in [0.2, 0.25) is 0 Å². The zero-order valence-corrected chi connectivity index (χ0v) is 10.2. The van der Waals surface area contributed by atoms with E-state index in [-0.39, 0.29) is 5.82 Å². The molecule has 1 heterocycles. The summed E-state index contributed by atoms with van der Waals surface area (Å²) in [4.78, 5) is 4.03. The Balaban J connectivity index is 2.77. The molecule has 2 nitrogen and oxygen atoms in total. The van der Waals surface area contributed by atoms with Crippen LogP contribution in [0.15, 0.2) is 24.4 Å². The fourth-order valence-corrected chi connectivity index (χ4v) is 2.14. The molecule has 0 aliphatic heterocycles. The smallest absolute Gasteiger partial charge is 0.131 e. The summed E-state index contributed by atoms with van der Waals surface area (Å²) in [6.07, 6.45) is 1.63. The summed E-state index contributed by atoms with van der Waals surface area (Å²) in [6.45, 7) is 5.67. The standard InChI is InChI=1S/C14H15FN2/c1-8-6-10(3)12(11(15)7-8)13-9(2)4-5-17-14(13)16/h4-7H,1-3H3,(H2,16,17). The predicted molar refractivity (Wildman–Crippen MR) is 68.3 cm³/mol. The van der Waals surface area contributed by atoms with E-state index in [1.54, 1.807) is 6.20 Å². The molecule has 2 rings (SSSR count). The van der Waals surface area contributed by atoms with Crippen molar-refractivity contribution < 1.29 is 4.39 Å². The van der Waals surface area contributed by atoms with E-state index < -0.39 is 0 Å². The SMILES string of the molecule is Cc1cc(C)c(-c2c(C)ccnc2N)c(F)c1. The minimum Gasteiger partial charge on any atom is -0.383 e. The van der Waals surface area contributed by atoms with Crippen LogP contribution in [0.3, 0.4) is 0 Å². The first-order valence-corrected chi connectivity index (χ1v) is 5.49. The number of hydrogen-bond acceptors (Lipinski definition) is 2. The molecule has 1 aromatic carbocycles. The number of pyridine rings is 1. The second-order valence-corrected chi connectivity index (χ2v) is 4.33. The molecule has 0 saturated heterocycles. The summed E-state index contributed by atoms with van der Waals surface area (Å²) in [5.41, 5.74) is 9.82. The summed E-state index contributed by atoms with van der Waals surface area (Å²) in [7, 11) is 0. The molecule has 0 atom stereocenters. The Morgan fingerprint density at radius 2 is 1.76 bits per heavy atom. The number of nitrogens with two attached hydrogens (primary N) is 1. The quantitative estimate of drug-likeness (QED) is 0.815. The Morgan fingerprint density at radius 3 is 2.35 bits per heavy atom. The summed E-state index contributed by atoms with van der Waals surface area (Å²) in [5, 5.41) is 0. The first-order chi connectivity index (χ1) is 8.00. The van der Waals surface area contributed by atoms with E-state index in [9.17, 15) is 4.39 Å². The van der Waals surface area contributed by atoms with Gasteiger partial charge < -0.3 is 5.73 Å². The third-order valence-corrected chi connectivity index (χ3v) is 2.87. The molecule has 0 amide bonds. The van der Waals surface area contributed by atoms with Crippen molar-refractivity contribution in [3.05, 3.63) is 46.9 Å². The molecule has 3 heteroatoms. The van der Waals surface area contributed by atoms with Crippen molar-refractivity contribution in [1.82, 2.24) is 4.98 Å². The highest BCUT2D eigenvalue weighted by Gasteiger charge is 2.14. The van der Waals surface area contributed by atoms with Gasteiger partial charge in [-0.05, 0) is 49.6 Å². The number of hydrogen-bond donors (Lipinski definition) is 1. The van der Waals surface area contributed by atoms with Gasteiger partial charge in [0, 0.05) is 17.3 Å². The van der Waals surface area contributed by atoms with Crippen LogP contribution in [-0.2, 0) is 0 Å². The summed E-state index contributed by atoms with van der Waals surface area (Å²) < 4.78 is 14.1. The van der Waals surface area contributed by atoms with Crippen molar-refractivity contribution in [2.45, 2.75) is 20.8 Å². The number of aromatic nitrogens is 1. The zero-order valence-electron chi connectivity index (χ0n) is 10.2. The second-order valence-electron chi connectivity index (χ2n) is 4.33. The molecule has 88 valence electrons. The molecule has 0 fully saturated rings. The fourth-order valence-electron chi connectivity index (χ4n) is 2.14. The van der Waals surface area contributed by atoms with Gasteiger partial charge in [0.15, 0.2) is 0 Å². The maximum absolute atomic E-state index is 14.1. The lowest BCUT2D eigenvalue weighted by Crippen LogP contribution is -2.00. The maximum atomic E-state index is 14.1. The number of rotatable bonds is 1. The molecule has 0 spiro atoms. The van der Waals surface area contributed by atoms with Crippen LogP contribution < -0.4 is 5.73 Å². The maximum Gasteiger partial charge on any atom is 0.131 e. The number of nitrogens with zero attached hydrogens (tertiary/aromatic N) is 1. The van der Waals surface area contributed by atoms with Gasteiger partial charge in [-0.2, -0.15) is 0 Å². The van der Waals surface area contributed by atoms with E-state index in [0.29, 0.717) is 16.9 Å². The van der Waals surface area contributed by atoms with Crippen LogP contribution in [-0.4, -0.2) is 4.98 Å². The van der Waals surface area contributed by atoms with Crippen LogP contribution in [0.1, 0.15) is 16.7 Å². The van der Waals surface area contributed by atoms with Gasteiger partial charge in [-0.15, -0.1) is 0 Å². The number of aryl methyl sites for hydroxylation is 3. The number of nitrogen functional groups attached to an aromatic ring is 1. The molecule has 0 aliphatic rings. The first kappa shape index (κ1) is 11.6. The Hall–Kier alpha value is -1.90. The van der Waals surface area contributed by atoms with Gasteiger partial charge in [-0.25, -0.2) is 9.37 Å². The minimum atomic E-state index is -0.245. The monoisotopic (exact) mass is 230 g/mol. The molecule has 2 aromatic rings. The van der Waals surface area contributed by atoms with Crippen molar-refractivity contribution in [3.63, 3.8) is 0 Å². The third kappa shape index (κ3) is 2.00. The molecule has 1 aromatic heterocycles. The third-order valence-electron chi connectivity index (χ3n) is 2.87. The lowest BCUT2D eigenvalue weighted by atomic mass is 9.95. The summed E-state index contributed by atoms with van der Waals surface area (Å²) in [5.74, 6) is 0.126. The Kier molecular flexibility index (Phi) is 2.84. The van der Waals surface area contributed by atoms with E-state index in [1.807, 2.05) is 32.9 Å². The number of anilines is 1. The van der Waals surface area contributed by atoms with E-state index in [4.69, 9.17) is 5.73 Å². The number of benzene rings is 1. The van der Waals surface area contributed by atoms with Crippen LogP contribution in [0.4, 0.5) is 10.2 Å². The Morgan fingerprint density at radius 1 is 1.06 bits per heavy atom. The van der Waals surface area contributed by atoms with Crippen molar-refractivity contribution in [2.75, 3.05) is 5.73 Å². The highest BCUT2D eigenvalue weighted by molar-refractivity contribution is 5.79. The Bertz CT molecular complexity index is 533. The van der Waals surface area contributed by atoms with Gasteiger partial charge in [0.25, 0.3) is 0 Å². The lowest BCUT2D eigenvalue weighted by Gasteiger charge is -2.13. The molecule has 0 bridgehead atoms. The van der Waals surface area contributed by atoms with E-state index in [0.717, 1.165) is 16.7 Å². The molecule has 2 N–H and O–H groups in total. The highest BCUT2D eigenvalue weighted by atomic mass is 19.1. The minimum absolute atomic E-state index is 0.245. The van der Waals surface area contributed by atoms with Crippen molar-refractivity contribution in [1.29, 1.82) is 0 Å². The fraction of sp³-hybridized carbons (Fsp3) is 0.214. The van der Waals surface area contributed by atoms with Crippen LogP contribution in [0.2, 0.25) is 0 Å². The summed E-state index contributed by atoms with van der Waals surface area (Å²) in [6, 6.07) is 5.31. The summed E-state index contributed by atoms with van der Waals surface area (Å²) >= 11 is 0. The average molecular weight is 230 g/mol. The molecule has 0 unspecified atom stereocenters. The van der Waals surface area contributed by atoms with Crippen LogP contribution in [0, 0.1) is 26.6 Å². The lowest BCUT2D eigenvalue weighted by molar-refractivity contribution is 0.629. The zero-order chi connectivity index (χ0) is 12.6. The molecule has 0 saturated carbocycles. The van der Waals surface area contributed by atoms with E-state index in [1.165, 1.54) is 6.07 Å². The average Bonchev–Trinajstić information content (AvgIpc) is 2.21. The van der Waals surface area contributed by atoms with E-state index in [2.05, 4.69) is 4.98 Å². The molecule has 0 aliphatic carbocycles. The van der Waals surface area contributed by atoms with Crippen LogP contribution in [0.25, 0.3) is 11.1 Å². The molecule has 17 heavy (non-hydrogen) atoms. The normalized spacial score (nSPS) is 10.6. The molecular formula is C14H15FN2. The van der Waals surface area contributed by atoms with Gasteiger partial charge >= 0.3 is 0 Å². The Labute approximate surface area is 100 Å². The highest BCUT2D eigenvalue weighted by Crippen LogP contribution is 2.33. The second kappa shape index (κ2) is 4.17. The van der Waals surface area contributed by atoms with Gasteiger partial charge in [0.1, 0.15) is 11.6 Å². The predicted octanol–water partition coefficient (Wildman–Crippen LogP) is 3.40. The first-order valence-electron chi connectivity index (χ1n) is 5.49. The molecular weight excluding hydrogens is 215 g/mol. The van der Waals surface area contributed by atoms with Crippen molar-refractivity contribution in [2.24, 2.45) is 0 Å². The largest absolute Gasteiger partial charge is 0.383 e. The van der Waals surface area contributed by atoms with Crippen LogP contribution >= 0.6 is 0 Å². The van der Waals surface area contributed by atoms with Crippen LogP contribution in [0.5, 0.6) is 0 Å². The number of halogens is 1. The van der Waals surface area contributed by atoms with Gasteiger partial charge in [0.05, 0.1) is 0 Å². The topological polar surface area (TPSA) is 38.9 Å². The molecule has 0 radical (unpaired) electrons. The van der Waals surface area contributed by atoms with Gasteiger partial charge in [-0.1, -0.05) is 6.07 Å². The van der Waals surface area contributed by atoms with Crippen molar-refractivity contribution in [3.8, 4) is 11.1 Å². The van der Waals surface area contributed by atoms with E-state index >= 15 is 0 Å². The van der Waals surface area contributed by atoms with Crippen molar-refractivity contribution >= 4 is 5.82 Å².